The summed E-state index contributed by atoms with van der Waals surface area (Å²) in [5.74, 6) is -0.863. The van der Waals surface area contributed by atoms with Gasteiger partial charge in [-0.1, -0.05) is 0 Å². The second-order valence-corrected chi connectivity index (χ2v) is 6.76. The van der Waals surface area contributed by atoms with Crippen molar-refractivity contribution in [1.29, 1.82) is 0 Å². The number of carbonyl (C=O) groups is 1. The first-order chi connectivity index (χ1) is 8.97. The van der Waals surface area contributed by atoms with Crippen LogP contribution in [0.25, 0.3) is 0 Å². The first-order valence-corrected chi connectivity index (χ1v) is 7.60. The second kappa shape index (κ2) is 5.81. The van der Waals surface area contributed by atoms with Crippen molar-refractivity contribution in [1.82, 2.24) is 10.3 Å². The predicted molar refractivity (Wildman–Crippen MR) is 78.1 cm³/mol. The van der Waals surface area contributed by atoms with Crippen molar-refractivity contribution in [3.05, 3.63) is 37.5 Å². The lowest BCUT2D eigenvalue weighted by atomic mass is 10.2. The van der Waals surface area contributed by atoms with Crippen molar-refractivity contribution in [3.63, 3.8) is 0 Å². The molecular weight excluding hydrogens is 280 g/mol. The van der Waals surface area contributed by atoms with Gasteiger partial charge in [0.15, 0.2) is 0 Å². The van der Waals surface area contributed by atoms with Crippen LogP contribution in [-0.2, 0) is 6.54 Å². The summed E-state index contributed by atoms with van der Waals surface area (Å²) >= 11 is 3.02. The van der Waals surface area contributed by atoms with E-state index in [1.807, 2.05) is 19.9 Å². The maximum atomic E-state index is 10.8. The van der Waals surface area contributed by atoms with Gasteiger partial charge in [0, 0.05) is 22.3 Å². The average Bonchev–Trinajstić information content (AvgIpc) is 2.93. The normalized spacial score (nSPS) is 12.6. The zero-order chi connectivity index (χ0) is 14.0. The topological polar surface area (TPSA) is 62.2 Å². The fraction of sp³-hybridized carbons (Fsp3) is 0.385. The van der Waals surface area contributed by atoms with E-state index < -0.39 is 5.97 Å². The molecule has 2 aromatic rings. The van der Waals surface area contributed by atoms with Gasteiger partial charge >= 0.3 is 5.97 Å². The fourth-order valence-electron chi connectivity index (χ4n) is 1.88. The Hall–Kier alpha value is -1.24. The zero-order valence-electron chi connectivity index (χ0n) is 11.1. The highest BCUT2D eigenvalue weighted by Crippen LogP contribution is 2.25. The Morgan fingerprint density at radius 2 is 2.16 bits per heavy atom. The molecule has 0 bridgehead atoms. The van der Waals surface area contributed by atoms with Crippen LogP contribution in [0.3, 0.4) is 0 Å². The summed E-state index contributed by atoms with van der Waals surface area (Å²) < 4.78 is 0. The van der Waals surface area contributed by atoms with Gasteiger partial charge in [-0.2, -0.15) is 0 Å². The Labute approximate surface area is 120 Å². The highest BCUT2D eigenvalue weighted by Gasteiger charge is 2.13. The number of carboxylic acids is 1. The first-order valence-electron chi connectivity index (χ1n) is 5.96. The van der Waals surface area contributed by atoms with Crippen molar-refractivity contribution in [2.24, 2.45) is 0 Å². The molecule has 0 radical (unpaired) electrons. The van der Waals surface area contributed by atoms with Gasteiger partial charge in [-0.15, -0.1) is 22.7 Å². The molecule has 0 amide bonds. The highest BCUT2D eigenvalue weighted by molar-refractivity contribution is 7.13. The number of aromatic nitrogens is 1. The van der Waals surface area contributed by atoms with E-state index in [-0.39, 0.29) is 6.04 Å². The molecule has 6 heteroatoms. The molecule has 0 aliphatic rings. The maximum absolute atomic E-state index is 10.8. The van der Waals surface area contributed by atoms with Crippen molar-refractivity contribution < 1.29 is 9.90 Å². The van der Waals surface area contributed by atoms with Gasteiger partial charge in [0.25, 0.3) is 0 Å². The fourth-order valence-corrected chi connectivity index (χ4v) is 3.63. The molecule has 0 saturated carbocycles. The Balaban J connectivity index is 1.98. The highest BCUT2D eigenvalue weighted by atomic mass is 32.1. The van der Waals surface area contributed by atoms with Crippen molar-refractivity contribution >= 4 is 28.6 Å². The van der Waals surface area contributed by atoms with Crippen LogP contribution < -0.4 is 5.32 Å². The van der Waals surface area contributed by atoms with E-state index in [0.717, 1.165) is 15.6 Å². The SMILES string of the molecule is Cc1nc(C)c(C(C)NCc2ccc(C(=O)O)s2)s1. The van der Waals surface area contributed by atoms with Gasteiger partial charge in [-0.25, -0.2) is 9.78 Å². The number of thiophene rings is 1. The molecule has 102 valence electrons. The number of nitrogens with one attached hydrogen (secondary N) is 1. The minimum Gasteiger partial charge on any atom is -0.477 e. The molecule has 2 aromatic heterocycles. The summed E-state index contributed by atoms with van der Waals surface area (Å²) in [4.78, 5) is 17.9. The van der Waals surface area contributed by atoms with Gasteiger partial charge in [0.2, 0.25) is 0 Å². The smallest absolute Gasteiger partial charge is 0.345 e. The lowest BCUT2D eigenvalue weighted by molar-refractivity contribution is 0.0702. The monoisotopic (exact) mass is 296 g/mol. The molecule has 0 saturated heterocycles. The number of thiazole rings is 1. The quantitative estimate of drug-likeness (QED) is 0.888. The summed E-state index contributed by atoms with van der Waals surface area (Å²) in [7, 11) is 0. The lowest BCUT2D eigenvalue weighted by Crippen LogP contribution is -2.17. The van der Waals surface area contributed by atoms with Crippen LogP contribution in [0.5, 0.6) is 0 Å². The summed E-state index contributed by atoms with van der Waals surface area (Å²) in [6.45, 7) is 6.80. The van der Waals surface area contributed by atoms with E-state index in [4.69, 9.17) is 5.11 Å². The number of carboxylic acid groups (broad SMARTS) is 1. The van der Waals surface area contributed by atoms with E-state index >= 15 is 0 Å². The third-order valence-electron chi connectivity index (χ3n) is 2.79. The van der Waals surface area contributed by atoms with Crippen LogP contribution in [0.15, 0.2) is 12.1 Å². The number of nitrogens with zero attached hydrogens (tertiary/aromatic N) is 1. The molecule has 19 heavy (non-hydrogen) atoms. The summed E-state index contributed by atoms with van der Waals surface area (Å²) in [5, 5.41) is 13.4. The second-order valence-electron chi connectivity index (χ2n) is 4.36. The largest absolute Gasteiger partial charge is 0.477 e. The van der Waals surface area contributed by atoms with Gasteiger partial charge in [-0.05, 0) is 32.9 Å². The molecule has 0 aromatic carbocycles. The molecule has 4 nitrogen and oxygen atoms in total. The van der Waals surface area contributed by atoms with Crippen LogP contribution >= 0.6 is 22.7 Å². The first kappa shape index (κ1) is 14.2. The van der Waals surface area contributed by atoms with Crippen LogP contribution in [0, 0.1) is 13.8 Å². The number of hydrogen-bond acceptors (Lipinski definition) is 5. The van der Waals surface area contributed by atoms with Crippen molar-refractivity contribution in [3.8, 4) is 0 Å². The maximum Gasteiger partial charge on any atom is 0.345 e. The molecule has 0 aliphatic heterocycles. The Morgan fingerprint density at radius 3 is 2.68 bits per heavy atom. The Morgan fingerprint density at radius 1 is 1.42 bits per heavy atom. The van der Waals surface area contributed by atoms with E-state index in [1.54, 1.807) is 17.4 Å². The number of hydrogen-bond donors (Lipinski definition) is 2. The van der Waals surface area contributed by atoms with Gasteiger partial charge < -0.3 is 10.4 Å². The van der Waals surface area contributed by atoms with Crippen LogP contribution in [0.2, 0.25) is 0 Å². The van der Waals surface area contributed by atoms with Gasteiger partial charge in [-0.3, -0.25) is 0 Å². The lowest BCUT2D eigenvalue weighted by Gasteiger charge is -2.11. The Bertz CT molecular complexity index is 589. The number of aryl methyl sites for hydroxylation is 2. The Kier molecular flexibility index (Phi) is 4.34. The molecule has 2 rings (SSSR count). The number of aromatic carboxylic acids is 1. The van der Waals surface area contributed by atoms with Crippen LogP contribution in [0.1, 0.15) is 43.1 Å². The minimum absolute atomic E-state index is 0.224. The van der Waals surface area contributed by atoms with Crippen molar-refractivity contribution in [2.75, 3.05) is 0 Å². The summed E-state index contributed by atoms with van der Waals surface area (Å²) in [6, 6.07) is 3.73. The molecule has 2 N–H and O–H groups in total. The van der Waals surface area contributed by atoms with E-state index in [2.05, 4.69) is 17.2 Å². The molecule has 0 spiro atoms. The average molecular weight is 296 g/mol. The third-order valence-corrected chi connectivity index (χ3v) is 5.12. The standard InChI is InChI=1S/C13H16N2O2S2/c1-7(12-8(2)15-9(3)18-12)14-6-10-4-5-11(19-10)13(16)17/h4-5,7,14H,6H2,1-3H3,(H,16,17). The molecule has 0 aliphatic carbocycles. The third kappa shape index (κ3) is 3.40. The molecular formula is C13H16N2O2S2. The summed E-state index contributed by atoms with van der Waals surface area (Å²) in [5.41, 5.74) is 1.07. The van der Waals surface area contributed by atoms with E-state index in [9.17, 15) is 4.79 Å². The van der Waals surface area contributed by atoms with Crippen LogP contribution in [0.4, 0.5) is 0 Å². The zero-order valence-corrected chi connectivity index (χ0v) is 12.7. The molecule has 1 unspecified atom stereocenters. The molecule has 2 heterocycles. The molecule has 1 atom stereocenters. The van der Waals surface area contributed by atoms with E-state index in [1.165, 1.54) is 16.2 Å². The van der Waals surface area contributed by atoms with E-state index in [0.29, 0.717) is 11.4 Å². The van der Waals surface area contributed by atoms with Gasteiger partial charge in [0.1, 0.15) is 4.88 Å². The predicted octanol–water partition coefficient (Wildman–Crippen LogP) is 3.37. The summed E-state index contributed by atoms with van der Waals surface area (Å²) in [6.07, 6.45) is 0. The number of rotatable bonds is 5. The van der Waals surface area contributed by atoms with Crippen LogP contribution in [-0.4, -0.2) is 16.1 Å². The minimum atomic E-state index is -0.863. The van der Waals surface area contributed by atoms with Crippen molar-refractivity contribution in [2.45, 2.75) is 33.4 Å². The molecule has 0 fully saturated rings. The van der Waals surface area contributed by atoms with Gasteiger partial charge in [0.05, 0.1) is 10.7 Å².